The quantitative estimate of drug-likeness (QED) is 0.695. The lowest BCUT2D eigenvalue weighted by atomic mass is 10.0. The Morgan fingerprint density at radius 3 is 2.96 bits per heavy atom. The number of H-pyrrole nitrogens is 1. The molecule has 0 fully saturated rings. The second-order valence-electron chi connectivity index (χ2n) is 5.75. The van der Waals surface area contributed by atoms with Gasteiger partial charge in [-0.1, -0.05) is 11.6 Å². The number of rotatable bonds is 2. The number of nitrogens with zero attached hydrogens (tertiary/aromatic N) is 2. The van der Waals surface area contributed by atoms with Gasteiger partial charge in [0.1, 0.15) is 11.6 Å². The standard InChI is InChI=1S/C15H14ClN3O3S/c1-8-17-13(7-23(20,21)22)15-14-10(4-5-19(8)15)11-6-9(16)2-3-12(11)18-14/h2-3,6,18H,4-5,7H2,1H3,(H,20,21,22). The maximum Gasteiger partial charge on any atom is 0.270 e. The summed E-state index contributed by atoms with van der Waals surface area (Å²) < 4.78 is 33.8. The molecule has 1 aliphatic heterocycles. The number of aryl methyl sites for hydroxylation is 2. The van der Waals surface area contributed by atoms with E-state index in [2.05, 4.69) is 9.97 Å². The Bertz CT molecular complexity index is 1050. The zero-order valence-electron chi connectivity index (χ0n) is 12.3. The lowest BCUT2D eigenvalue weighted by Gasteiger charge is -2.17. The highest BCUT2D eigenvalue weighted by atomic mass is 35.5. The van der Waals surface area contributed by atoms with Crippen LogP contribution in [0.25, 0.3) is 22.3 Å². The number of nitrogens with one attached hydrogen (secondary N) is 1. The molecule has 2 aromatic heterocycles. The second-order valence-corrected chi connectivity index (χ2v) is 7.64. The number of hydrogen-bond donors (Lipinski definition) is 2. The van der Waals surface area contributed by atoms with Gasteiger partial charge in [0.25, 0.3) is 10.1 Å². The minimum absolute atomic E-state index is 0.364. The van der Waals surface area contributed by atoms with Crippen LogP contribution >= 0.6 is 11.6 Å². The van der Waals surface area contributed by atoms with E-state index in [0.717, 1.165) is 40.1 Å². The third-order valence-corrected chi connectivity index (χ3v) is 5.11. The number of halogens is 1. The number of fused-ring (bicyclic) bond motifs is 5. The summed E-state index contributed by atoms with van der Waals surface area (Å²) >= 11 is 6.10. The zero-order chi connectivity index (χ0) is 16.4. The van der Waals surface area contributed by atoms with E-state index in [0.29, 0.717) is 17.3 Å². The number of aromatic nitrogens is 3. The van der Waals surface area contributed by atoms with Crippen LogP contribution in [0, 0.1) is 6.92 Å². The van der Waals surface area contributed by atoms with E-state index in [-0.39, 0.29) is 0 Å². The van der Waals surface area contributed by atoms with E-state index in [1.54, 1.807) is 0 Å². The minimum atomic E-state index is -4.15. The Kier molecular flexibility index (Phi) is 3.10. The van der Waals surface area contributed by atoms with E-state index in [1.165, 1.54) is 0 Å². The van der Waals surface area contributed by atoms with Gasteiger partial charge in [-0.25, -0.2) is 4.98 Å². The predicted molar refractivity (Wildman–Crippen MR) is 88.2 cm³/mol. The van der Waals surface area contributed by atoms with Crippen molar-refractivity contribution in [2.24, 2.45) is 0 Å². The molecule has 0 spiro atoms. The summed E-state index contributed by atoms with van der Waals surface area (Å²) in [6, 6.07) is 5.63. The van der Waals surface area contributed by atoms with Gasteiger partial charge in [0.2, 0.25) is 0 Å². The summed E-state index contributed by atoms with van der Waals surface area (Å²) in [6.07, 6.45) is 0.811. The zero-order valence-corrected chi connectivity index (χ0v) is 13.9. The maximum atomic E-state index is 11.3. The summed E-state index contributed by atoms with van der Waals surface area (Å²) in [6.45, 7) is 2.55. The maximum absolute atomic E-state index is 11.3. The van der Waals surface area contributed by atoms with Crippen LogP contribution in [-0.4, -0.2) is 27.5 Å². The molecule has 0 saturated carbocycles. The Hall–Kier alpha value is -1.83. The minimum Gasteiger partial charge on any atom is -0.353 e. The van der Waals surface area contributed by atoms with Gasteiger partial charge < -0.3 is 9.55 Å². The highest BCUT2D eigenvalue weighted by molar-refractivity contribution is 7.85. The molecule has 0 amide bonds. The van der Waals surface area contributed by atoms with Crippen molar-refractivity contribution in [1.82, 2.24) is 14.5 Å². The molecule has 8 heteroatoms. The molecule has 23 heavy (non-hydrogen) atoms. The molecule has 0 saturated heterocycles. The fourth-order valence-electron chi connectivity index (χ4n) is 3.36. The van der Waals surface area contributed by atoms with Crippen molar-refractivity contribution in [3.05, 3.63) is 40.3 Å². The first-order valence-electron chi connectivity index (χ1n) is 7.15. The highest BCUT2D eigenvalue weighted by Crippen LogP contribution is 2.38. The van der Waals surface area contributed by atoms with Crippen LogP contribution in [0.3, 0.4) is 0 Å². The Morgan fingerprint density at radius 1 is 1.43 bits per heavy atom. The predicted octanol–water partition coefficient (Wildman–Crippen LogP) is 2.94. The molecule has 0 atom stereocenters. The van der Waals surface area contributed by atoms with Crippen molar-refractivity contribution in [1.29, 1.82) is 0 Å². The molecule has 0 radical (unpaired) electrons. The van der Waals surface area contributed by atoms with Crippen LogP contribution < -0.4 is 0 Å². The van der Waals surface area contributed by atoms with Gasteiger partial charge in [-0.15, -0.1) is 0 Å². The molecule has 1 aromatic carbocycles. The molecule has 3 heterocycles. The van der Waals surface area contributed by atoms with E-state index >= 15 is 0 Å². The van der Waals surface area contributed by atoms with Crippen LogP contribution in [0.5, 0.6) is 0 Å². The molecule has 0 aliphatic carbocycles. The van der Waals surface area contributed by atoms with Crippen molar-refractivity contribution in [3.8, 4) is 11.4 Å². The summed E-state index contributed by atoms with van der Waals surface area (Å²) in [4.78, 5) is 7.68. The molecule has 0 unspecified atom stereocenters. The molecule has 6 nitrogen and oxygen atoms in total. The lowest BCUT2D eigenvalue weighted by molar-refractivity contribution is 0.481. The van der Waals surface area contributed by atoms with E-state index in [1.807, 2.05) is 29.7 Å². The molecule has 2 N–H and O–H groups in total. The van der Waals surface area contributed by atoms with Gasteiger partial charge in [-0.3, -0.25) is 4.55 Å². The van der Waals surface area contributed by atoms with Crippen molar-refractivity contribution in [2.75, 3.05) is 0 Å². The summed E-state index contributed by atoms with van der Waals surface area (Å²) in [5.74, 6) is 0.243. The van der Waals surface area contributed by atoms with E-state index in [9.17, 15) is 13.0 Å². The fraction of sp³-hybridized carbons (Fsp3) is 0.267. The molecule has 120 valence electrons. The highest BCUT2D eigenvalue weighted by Gasteiger charge is 2.28. The van der Waals surface area contributed by atoms with Gasteiger partial charge >= 0.3 is 0 Å². The second kappa shape index (κ2) is 4.83. The largest absolute Gasteiger partial charge is 0.353 e. The number of hydrogen-bond acceptors (Lipinski definition) is 3. The van der Waals surface area contributed by atoms with Crippen molar-refractivity contribution in [3.63, 3.8) is 0 Å². The molecule has 0 bridgehead atoms. The number of imidazole rings is 1. The average molecular weight is 352 g/mol. The summed E-state index contributed by atoms with van der Waals surface area (Å²) in [5.41, 5.74) is 4.00. The third-order valence-electron chi connectivity index (χ3n) is 4.24. The first-order valence-corrected chi connectivity index (χ1v) is 9.14. The molecule has 1 aliphatic rings. The molecular weight excluding hydrogens is 338 g/mol. The van der Waals surface area contributed by atoms with Gasteiger partial charge in [0.15, 0.2) is 0 Å². The smallest absolute Gasteiger partial charge is 0.270 e. The van der Waals surface area contributed by atoms with Crippen LogP contribution in [0.2, 0.25) is 5.02 Å². The molecule has 3 aromatic rings. The summed E-state index contributed by atoms with van der Waals surface area (Å²) in [5, 5.41) is 1.70. The van der Waals surface area contributed by atoms with Crippen LogP contribution in [0.4, 0.5) is 0 Å². The third kappa shape index (κ3) is 2.36. The Balaban J connectivity index is 2.00. The van der Waals surface area contributed by atoms with Gasteiger partial charge in [0.05, 0.1) is 17.1 Å². The topological polar surface area (TPSA) is 88.0 Å². The van der Waals surface area contributed by atoms with Gasteiger partial charge in [-0.2, -0.15) is 8.42 Å². The SMILES string of the molecule is Cc1nc(CS(=O)(=O)O)c2n1CCc1c-2[nH]c2ccc(Cl)cc12. The van der Waals surface area contributed by atoms with Crippen LogP contribution in [0.1, 0.15) is 17.1 Å². The number of aromatic amines is 1. The van der Waals surface area contributed by atoms with Gasteiger partial charge in [-0.05, 0) is 37.1 Å². The van der Waals surface area contributed by atoms with Crippen molar-refractivity contribution >= 4 is 32.6 Å². The van der Waals surface area contributed by atoms with Crippen molar-refractivity contribution < 1.29 is 13.0 Å². The Morgan fingerprint density at radius 2 is 2.22 bits per heavy atom. The first-order chi connectivity index (χ1) is 10.8. The normalized spacial score (nSPS) is 14.0. The van der Waals surface area contributed by atoms with E-state index < -0.39 is 15.9 Å². The van der Waals surface area contributed by atoms with Gasteiger partial charge in [0, 0.05) is 22.5 Å². The average Bonchev–Trinajstić information content (AvgIpc) is 2.95. The van der Waals surface area contributed by atoms with Crippen molar-refractivity contribution in [2.45, 2.75) is 25.6 Å². The monoisotopic (exact) mass is 351 g/mol. The molecular formula is C15H14ClN3O3S. The van der Waals surface area contributed by atoms with Crippen LogP contribution in [-0.2, 0) is 28.8 Å². The Labute approximate surface area is 137 Å². The first kappa shape index (κ1) is 14.7. The molecule has 4 rings (SSSR count). The lowest BCUT2D eigenvalue weighted by Crippen LogP contribution is -2.12. The van der Waals surface area contributed by atoms with E-state index in [4.69, 9.17) is 11.6 Å². The fourth-order valence-corrected chi connectivity index (χ4v) is 4.08. The number of benzene rings is 1. The van der Waals surface area contributed by atoms with Crippen LogP contribution in [0.15, 0.2) is 18.2 Å². The summed E-state index contributed by atoms with van der Waals surface area (Å²) in [7, 11) is -4.15.